The summed E-state index contributed by atoms with van der Waals surface area (Å²) in [5.74, 6) is 0. The van der Waals surface area contributed by atoms with Crippen LogP contribution in [0.1, 0.15) is 16.7 Å². The average molecular weight is 376 g/mol. The summed E-state index contributed by atoms with van der Waals surface area (Å²) in [4.78, 5) is 4.75. The van der Waals surface area contributed by atoms with E-state index in [9.17, 15) is 8.42 Å². The fourth-order valence-corrected chi connectivity index (χ4v) is 4.77. The lowest BCUT2D eigenvalue weighted by atomic mass is 10.1. The Hall–Kier alpha value is -2.92. The lowest BCUT2D eigenvalue weighted by Crippen LogP contribution is -2.29. The zero-order valence-corrected chi connectivity index (χ0v) is 15.9. The maximum atomic E-state index is 13.0. The molecule has 4 nitrogen and oxygen atoms in total. The van der Waals surface area contributed by atoms with Gasteiger partial charge in [0.05, 0.1) is 16.3 Å². The maximum Gasteiger partial charge on any atom is 0.264 e. The Morgan fingerprint density at radius 3 is 2.41 bits per heavy atom. The van der Waals surface area contributed by atoms with Gasteiger partial charge < -0.3 is 0 Å². The van der Waals surface area contributed by atoms with Crippen molar-refractivity contribution in [3.05, 3.63) is 89.5 Å². The van der Waals surface area contributed by atoms with Crippen molar-refractivity contribution in [1.29, 1.82) is 0 Å². The van der Waals surface area contributed by atoms with Crippen molar-refractivity contribution in [3.8, 4) is 0 Å². The number of hydrogen-bond acceptors (Lipinski definition) is 3. The Kier molecular flexibility index (Phi) is 4.54. The molecule has 0 fully saturated rings. The molecule has 27 heavy (non-hydrogen) atoms. The lowest BCUT2D eigenvalue weighted by molar-refractivity contribution is 0.592. The predicted octanol–water partition coefficient (Wildman–Crippen LogP) is 4.50. The number of rotatable bonds is 4. The minimum Gasteiger partial charge on any atom is -0.266 e. The Morgan fingerprint density at radius 1 is 0.926 bits per heavy atom. The molecule has 3 aromatic rings. The van der Waals surface area contributed by atoms with E-state index in [1.165, 1.54) is 4.31 Å². The molecular formula is C22H20N2O2S. The molecule has 0 spiro atoms. The molecule has 4 rings (SSSR count). The number of benzene rings is 3. The first-order chi connectivity index (χ1) is 13.1. The second kappa shape index (κ2) is 7.00. The first-order valence-electron chi connectivity index (χ1n) is 8.86. The molecule has 0 N–H and O–H groups in total. The molecule has 0 amide bonds. The number of fused-ring (bicyclic) bond motifs is 1. The van der Waals surface area contributed by atoms with E-state index >= 15 is 0 Å². The average Bonchev–Trinajstić information content (AvgIpc) is 3.13. The summed E-state index contributed by atoms with van der Waals surface area (Å²) < 4.78 is 27.5. The predicted molar refractivity (Wildman–Crippen MR) is 110 cm³/mol. The van der Waals surface area contributed by atoms with Crippen molar-refractivity contribution in [2.45, 2.75) is 18.2 Å². The van der Waals surface area contributed by atoms with Gasteiger partial charge in [0.1, 0.15) is 0 Å². The Labute approximate surface area is 159 Å². The van der Waals surface area contributed by atoms with Gasteiger partial charge >= 0.3 is 0 Å². The summed E-state index contributed by atoms with van der Waals surface area (Å²) >= 11 is 0. The molecule has 5 heteroatoms. The molecule has 136 valence electrons. The van der Waals surface area contributed by atoms with E-state index in [-0.39, 0.29) is 4.90 Å². The molecule has 0 radical (unpaired) electrons. The highest BCUT2D eigenvalue weighted by Gasteiger charge is 2.30. The van der Waals surface area contributed by atoms with Gasteiger partial charge in [0.15, 0.2) is 0 Å². The van der Waals surface area contributed by atoms with Crippen LogP contribution in [0.25, 0.3) is 0 Å². The standard InChI is InChI=1S/C22H20N2O2S/c1-17-6-2-3-8-19(17)16-23-20-10-12-21(13-11-20)27(25,26)24-15-14-18-7-4-5-9-22(18)24/h2-13,16H,14-15H2,1H3. The summed E-state index contributed by atoms with van der Waals surface area (Å²) in [5, 5.41) is 0. The Bertz CT molecular complexity index is 1100. The normalized spacial score (nSPS) is 13.9. The molecule has 0 unspecified atom stereocenters. The fraction of sp³-hybridized carbons (Fsp3) is 0.136. The number of sulfonamides is 1. The number of aryl methyl sites for hydroxylation is 1. The Morgan fingerprint density at radius 2 is 1.63 bits per heavy atom. The maximum absolute atomic E-state index is 13.0. The summed E-state index contributed by atoms with van der Waals surface area (Å²) in [6.45, 7) is 2.51. The third-order valence-electron chi connectivity index (χ3n) is 4.81. The highest BCUT2D eigenvalue weighted by molar-refractivity contribution is 7.92. The largest absolute Gasteiger partial charge is 0.266 e. The smallest absolute Gasteiger partial charge is 0.264 e. The molecule has 0 bridgehead atoms. The van der Waals surface area contributed by atoms with Crippen LogP contribution in [0.15, 0.2) is 82.7 Å². The highest BCUT2D eigenvalue weighted by atomic mass is 32.2. The van der Waals surface area contributed by atoms with Gasteiger partial charge in [-0.2, -0.15) is 0 Å². The second-order valence-electron chi connectivity index (χ2n) is 6.56. The summed E-state index contributed by atoms with van der Waals surface area (Å²) in [7, 11) is -3.56. The first kappa shape index (κ1) is 17.5. The van der Waals surface area contributed by atoms with Gasteiger partial charge in [0.25, 0.3) is 10.0 Å². The fourth-order valence-electron chi connectivity index (χ4n) is 3.26. The van der Waals surface area contributed by atoms with Crippen molar-refractivity contribution >= 4 is 27.6 Å². The minimum absolute atomic E-state index is 0.286. The summed E-state index contributed by atoms with van der Waals surface area (Å²) in [6, 6.07) is 22.4. The molecule has 0 atom stereocenters. The van der Waals surface area contributed by atoms with E-state index < -0.39 is 10.0 Å². The van der Waals surface area contributed by atoms with Gasteiger partial charge in [-0.1, -0.05) is 42.5 Å². The van der Waals surface area contributed by atoms with Crippen LogP contribution in [0, 0.1) is 6.92 Å². The second-order valence-corrected chi connectivity index (χ2v) is 8.43. The molecule has 0 aliphatic carbocycles. The lowest BCUT2D eigenvalue weighted by Gasteiger charge is -2.19. The van der Waals surface area contributed by atoms with Crippen LogP contribution in [0.5, 0.6) is 0 Å². The van der Waals surface area contributed by atoms with E-state index in [4.69, 9.17) is 0 Å². The van der Waals surface area contributed by atoms with Crippen LogP contribution in [-0.2, 0) is 16.4 Å². The summed E-state index contributed by atoms with van der Waals surface area (Å²) in [6.07, 6.45) is 2.55. The zero-order chi connectivity index (χ0) is 18.9. The Balaban J connectivity index is 1.58. The molecule has 0 saturated heterocycles. The number of anilines is 1. The van der Waals surface area contributed by atoms with Crippen LogP contribution in [0.2, 0.25) is 0 Å². The number of nitrogens with zero attached hydrogens (tertiary/aromatic N) is 2. The van der Waals surface area contributed by atoms with Gasteiger partial charge in [0.2, 0.25) is 0 Å². The van der Waals surface area contributed by atoms with Gasteiger partial charge in [-0.05, 0) is 60.4 Å². The number of hydrogen-bond donors (Lipinski definition) is 0. The first-order valence-corrected chi connectivity index (χ1v) is 10.3. The highest BCUT2D eigenvalue weighted by Crippen LogP contribution is 2.33. The quantitative estimate of drug-likeness (QED) is 0.630. The van der Waals surface area contributed by atoms with E-state index in [0.717, 1.165) is 34.5 Å². The van der Waals surface area contributed by atoms with Crippen LogP contribution in [0.4, 0.5) is 11.4 Å². The molecule has 1 heterocycles. The van der Waals surface area contributed by atoms with Crippen LogP contribution < -0.4 is 4.31 Å². The topological polar surface area (TPSA) is 49.7 Å². The van der Waals surface area contributed by atoms with Crippen molar-refractivity contribution < 1.29 is 8.42 Å². The van der Waals surface area contributed by atoms with Crippen molar-refractivity contribution in [2.75, 3.05) is 10.8 Å². The molecule has 1 aliphatic heterocycles. The monoisotopic (exact) mass is 376 g/mol. The summed E-state index contributed by atoms with van der Waals surface area (Å²) in [5.41, 5.74) is 4.76. The van der Waals surface area contributed by atoms with Crippen LogP contribution in [0.3, 0.4) is 0 Å². The van der Waals surface area contributed by atoms with Gasteiger partial charge in [-0.3, -0.25) is 9.30 Å². The van der Waals surface area contributed by atoms with E-state index in [2.05, 4.69) is 4.99 Å². The minimum atomic E-state index is -3.56. The number of aliphatic imine (C=N–C) groups is 1. The van der Waals surface area contributed by atoms with Gasteiger partial charge in [0, 0.05) is 12.8 Å². The van der Waals surface area contributed by atoms with E-state index in [1.54, 1.807) is 30.5 Å². The molecular weight excluding hydrogens is 356 g/mol. The van der Waals surface area contributed by atoms with Crippen LogP contribution >= 0.6 is 0 Å². The molecule has 0 aromatic heterocycles. The SMILES string of the molecule is Cc1ccccc1C=Nc1ccc(S(=O)(=O)N2CCc3ccccc32)cc1. The third-order valence-corrected chi connectivity index (χ3v) is 6.64. The van der Waals surface area contributed by atoms with Crippen molar-refractivity contribution in [2.24, 2.45) is 4.99 Å². The van der Waals surface area contributed by atoms with Crippen molar-refractivity contribution in [1.82, 2.24) is 0 Å². The molecule has 3 aromatic carbocycles. The number of para-hydroxylation sites is 1. The van der Waals surface area contributed by atoms with Gasteiger partial charge in [-0.25, -0.2) is 8.42 Å². The third kappa shape index (κ3) is 3.38. The van der Waals surface area contributed by atoms with Gasteiger partial charge in [-0.15, -0.1) is 0 Å². The zero-order valence-electron chi connectivity index (χ0n) is 15.0. The molecule has 1 aliphatic rings. The molecule has 0 saturated carbocycles. The van der Waals surface area contributed by atoms with E-state index in [0.29, 0.717) is 6.54 Å². The van der Waals surface area contributed by atoms with Crippen LogP contribution in [-0.4, -0.2) is 21.2 Å². The van der Waals surface area contributed by atoms with E-state index in [1.807, 2.05) is 55.5 Å². The van der Waals surface area contributed by atoms with Crippen molar-refractivity contribution in [3.63, 3.8) is 0 Å².